The van der Waals surface area contributed by atoms with Crippen LogP contribution in [-0.2, 0) is 19.2 Å². The molecule has 2 aromatic carbocycles. The molecule has 192 valence electrons. The lowest BCUT2D eigenvalue weighted by Crippen LogP contribution is -2.30. The summed E-state index contributed by atoms with van der Waals surface area (Å²) in [5.41, 5.74) is 0.595. The maximum atomic E-state index is 12.8. The molecule has 3 fully saturated rings. The molecule has 5 rings (SSSR count). The van der Waals surface area contributed by atoms with Gasteiger partial charge in [0.25, 0.3) is 5.69 Å². The van der Waals surface area contributed by atoms with E-state index in [9.17, 15) is 29.3 Å². The van der Waals surface area contributed by atoms with Crippen molar-refractivity contribution in [3.63, 3.8) is 0 Å². The monoisotopic (exact) mass is 507 g/mol. The molecule has 0 unspecified atom stereocenters. The molecular weight excluding hydrogens is 482 g/mol. The van der Waals surface area contributed by atoms with Crippen molar-refractivity contribution in [2.24, 2.45) is 17.8 Å². The van der Waals surface area contributed by atoms with Gasteiger partial charge in [0, 0.05) is 19.0 Å². The van der Waals surface area contributed by atoms with Gasteiger partial charge in [0.1, 0.15) is 11.5 Å². The summed E-state index contributed by atoms with van der Waals surface area (Å²) in [6.45, 7) is 0.0312. The van der Waals surface area contributed by atoms with Crippen molar-refractivity contribution in [3.05, 3.63) is 52.6 Å². The molecule has 2 saturated heterocycles. The van der Waals surface area contributed by atoms with E-state index in [4.69, 9.17) is 9.47 Å². The average molecular weight is 507 g/mol. The summed E-state index contributed by atoms with van der Waals surface area (Å²) in [4.78, 5) is 64.1. The van der Waals surface area contributed by atoms with Crippen LogP contribution in [0.4, 0.5) is 17.1 Å². The van der Waals surface area contributed by atoms with E-state index in [0.29, 0.717) is 11.4 Å². The van der Waals surface area contributed by atoms with E-state index in [1.54, 1.807) is 12.1 Å². The Morgan fingerprint density at radius 3 is 2.24 bits per heavy atom. The summed E-state index contributed by atoms with van der Waals surface area (Å²) in [5, 5.41) is 11.0. The first-order chi connectivity index (χ1) is 17.8. The molecule has 2 aromatic rings. The van der Waals surface area contributed by atoms with Crippen LogP contribution < -0.4 is 19.3 Å². The lowest BCUT2D eigenvalue weighted by molar-refractivity contribution is -0.384. The van der Waals surface area contributed by atoms with Crippen molar-refractivity contribution in [2.75, 3.05) is 23.5 Å². The van der Waals surface area contributed by atoms with Gasteiger partial charge in [-0.25, -0.2) is 0 Å². The maximum absolute atomic E-state index is 12.8. The molecule has 1 aliphatic carbocycles. The van der Waals surface area contributed by atoms with E-state index in [0.717, 1.165) is 25.7 Å². The molecule has 1 saturated carbocycles. The number of benzene rings is 2. The second kappa shape index (κ2) is 9.64. The van der Waals surface area contributed by atoms with Gasteiger partial charge >= 0.3 is 5.97 Å². The Kier molecular flexibility index (Phi) is 6.36. The maximum Gasteiger partial charge on any atom is 0.316 e. The molecule has 0 aromatic heterocycles. The number of fused-ring (bicyclic) bond motifs is 1. The molecule has 37 heavy (non-hydrogen) atoms. The summed E-state index contributed by atoms with van der Waals surface area (Å²) in [6, 6.07) is 10.1. The zero-order chi connectivity index (χ0) is 26.3. The standard InChI is InChI=1S/C26H25N3O8/c1-36-22-13-17(29(34)35)8-11-21(22)27-14-15(12-23(27)30)26(33)37-18-9-6-16(7-10-18)28-24(31)19-4-2-3-5-20(19)25(28)32/h6-11,13,15,19-20H,2-5,12,14H2,1H3/t15-,19-,20+/m0/s1. The predicted molar refractivity (Wildman–Crippen MR) is 130 cm³/mol. The Hall–Kier alpha value is -4.28. The number of nitro benzene ring substituents is 1. The van der Waals surface area contributed by atoms with Crippen molar-refractivity contribution < 1.29 is 33.6 Å². The molecule has 3 amide bonds. The normalized spacial score (nSPS) is 23.3. The zero-order valence-corrected chi connectivity index (χ0v) is 20.1. The molecule has 0 radical (unpaired) electrons. The number of nitro groups is 1. The number of hydrogen-bond acceptors (Lipinski definition) is 8. The number of rotatable bonds is 6. The van der Waals surface area contributed by atoms with E-state index in [-0.39, 0.29) is 59.7 Å². The fraction of sp³-hybridized carbons (Fsp3) is 0.385. The number of carbonyl (C=O) groups is 4. The van der Waals surface area contributed by atoms with E-state index in [2.05, 4.69) is 0 Å². The van der Waals surface area contributed by atoms with Crippen LogP contribution >= 0.6 is 0 Å². The second-order valence-corrected chi connectivity index (χ2v) is 9.44. The lowest BCUT2D eigenvalue weighted by atomic mass is 9.81. The molecule has 2 aliphatic heterocycles. The summed E-state index contributed by atoms with van der Waals surface area (Å²) >= 11 is 0. The number of carbonyl (C=O) groups excluding carboxylic acids is 4. The highest BCUT2D eigenvalue weighted by atomic mass is 16.6. The number of ether oxygens (including phenoxy) is 2. The van der Waals surface area contributed by atoms with Crippen LogP contribution in [0.1, 0.15) is 32.1 Å². The predicted octanol–water partition coefficient (Wildman–Crippen LogP) is 3.24. The molecule has 0 spiro atoms. The Bertz CT molecular complexity index is 1270. The SMILES string of the molecule is COc1cc([N+](=O)[O-])ccc1N1C[C@@H](C(=O)Oc2ccc(N3C(=O)[C@H]4CCCC[C@H]4C3=O)cc2)CC1=O. The van der Waals surface area contributed by atoms with E-state index in [1.807, 2.05) is 0 Å². The van der Waals surface area contributed by atoms with Gasteiger partial charge in [0.2, 0.25) is 17.7 Å². The van der Waals surface area contributed by atoms with Gasteiger partial charge < -0.3 is 14.4 Å². The topological polar surface area (TPSA) is 136 Å². The third-order valence-electron chi connectivity index (χ3n) is 7.28. The molecular formula is C26H25N3O8. The summed E-state index contributed by atoms with van der Waals surface area (Å²) < 4.78 is 10.7. The minimum absolute atomic E-state index is 0.0312. The fourth-order valence-electron chi connectivity index (χ4n) is 5.38. The van der Waals surface area contributed by atoms with Crippen LogP contribution in [0.25, 0.3) is 0 Å². The number of methoxy groups -OCH3 is 1. The summed E-state index contributed by atoms with van der Waals surface area (Å²) in [5.74, 6) is -2.18. The Morgan fingerprint density at radius 2 is 1.65 bits per heavy atom. The van der Waals surface area contributed by atoms with Gasteiger partial charge in [-0.05, 0) is 43.2 Å². The number of esters is 1. The van der Waals surface area contributed by atoms with Crippen molar-refractivity contribution in [1.29, 1.82) is 0 Å². The minimum Gasteiger partial charge on any atom is -0.494 e. The minimum atomic E-state index is -0.753. The van der Waals surface area contributed by atoms with Gasteiger partial charge in [-0.3, -0.25) is 34.2 Å². The van der Waals surface area contributed by atoms with Crippen LogP contribution in [0, 0.1) is 27.9 Å². The third-order valence-corrected chi connectivity index (χ3v) is 7.28. The van der Waals surface area contributed by atoms with Crippen LogP contribution in [-0.4, -0.2) is 42.3 Å². The number of amides is 3. The van der Waals surface area contributed by atoms with Gasteiger partial charge in [0.05, 0.1) is 47.2 Å². The van der Waals surface area contributed by atoms with E-state index in [1.165, 1.54) is 47.2 Å². The van der Waals surface area contributed by atoms with Gasteiger partial charge in [-0.15, -0.1) is 0 Å². The van der Waals surface area contributed by atoms with Crippen molar-refractivity contribution in [3.8, 4) is 11.5 Å². The molecule has 3 atom stereocenters. The molecule has 11 nitrogen and oxygen atoms in total. The highest BCUT2D eigenvalue weighted by Gasteiger charge is 2.48. The Morgan fingerprint density at radius 1 is 1.00 bits per heavy atom. The summed E-state index contributed by atoms with van der Waals surface area (Å²) in [6.07, 6.45) is 3.26. The van der Waals surface area contributed by atoms with Gasteiger partial charge in [-0.1, -0.05) is 12.8 Å². The number of non-ortho nitro benzene ring substituents is 1. The molecule has 3 aliphatic rings. The number of nitrogens with zero attached hydrogens (tertiary/aromatic N) is 3. The van der Waals surface area contributed by atoms with Crippen molar-refractivity contribution in [1.82, 2.24) is 0 Å². The van der Waals surface area contributed by atoms with Crippen LogP contribution in [0.2, 0.25) is 0 Å². The quantitative estimate of drug-likeness (QED) is 0.191. The third kappa shape index (κ3) is 4.41. The first kappa shape index (κ1) is 24.4. The van der Waals surface area contributed by atoms with Crippen LogP contribution in [0.3, 0.4) is 0 Å². The molecule has 2 heterocycles. The molecule has 11 heteroatoms. The largest absolute Gasteiger partial charge is 0.494 e. The number of imide groups is 1. The van der Waals surface area contributed by atoms with Crippen LogP contribution in [0.15, 0.2) is 42.5 Å². The molecule has 0 bridgehead atoms. The van der Waals surface area contributed by atoms with Crippen molar-refractivity contribution in [2.45, 2.75) is 32.1 Å². The molecule has 0 N–H and O–H groups in total. The van der Waals surface area contributed by atoms with E-state index >= 15 is 0 Å². The smallest absolute Gasteiger partial charge is 0.316 e. The lowest BCUT2D eigenvalue weighted by Gasteiger charge is -2.19. The number of anilines is 2. The highest BCUT2D eigenvalue weighted by Crippen LogP contribution is 2.40. The first-order valence-electron chi connectivity index (χ1n) is 12.1. The second-order valence-electron chi connectivity index (χ2n) is 9.44. The Balaban J connectivity index is 1.25. The van der Waals surface area contributed by atoms with Crippen molar-refractivity contribution >= 4 is 40.8 Å². The Labute approximate surface area is 212 Å². The summed E-state index contributed by atoms with van der Waals surface area (Å²) in [7, 11) is 1.34. The zero-order valence-electron chi connectivity index (χ0n) is 20.1. The van der Waals surface area contributed by atoms with E-state index < -0.39 is 16.8 Å². The first-order valence-corrected chi connectivity index (χ1v) is 12.1. The van der Waals surface area contributed by atoms with Crippen LogP contribution in [0.5, 0.6) is 11.5 Å². The van der Waals surface area contributed by atoms with Gasteiger partial charge in [0.15, 0.2) is 0 Å². The fourth-order valence-corrected chi connectivity index (χ4v) is 5.38. The van der Waals surface area contributed by atoms with Gasteiger partial charge in [-0.2, -0.15) is 0 Å². The average Bonchev–Trinajstić information content (AvgIpc) is 3.41. The number of hydrogen-bond donors (Lipinski definition) is 0. The highest BCUT2D eigenvalue weighted by molar-refractivity contribution is 6.22.